The van der Waals surface area contributed by atoms with Crippen LogP contribution in [0.15, 0.2) is 24.5 Å². The van der Waals surface area contributed by atoms with E-state index in [9.17, 15) is 0 Å². The Morgan fingerprint density at radius 1 is 1.33 bits per heavy atom. The first kappa shape index (κ1) is 16.6. The number of aromatic nitrogens is 4. The first-order chi connectivity index (χ1) is 11.7. The zero-order chi connectivity index (χ0) is 17.1. The van der Waals surface area contributed by atoms with Gasteiger partial charge in [-0.05, 0) is 12.6 Å². The highest BCUT2D eigenvalue weighted by atomic mass is 16.6. The van der Waals surface area contributed by atoms with Gasteiger partial charge < -0.3 is 25.3 Å². The van der Waals surface area contributed by atoms with E-state index in [0.29, 0.717) is 23.5 Å². The summed E-state index contributed by atoms with van der Waals surface area (Å²) in [5.74, 6) is 1.05. The fraction of sp³-hybridized carbons (Fsp3) is 0.533. The molecule has 9 nitrogen and oxygen atoms in total. The Morgan fingerprint density at radius 2 is 2.17 bits per heavy atom. The number of hydrogen-bond acceptors (Lipinski definition) is 8. The van der Waals surface area contributed by atoms with Crippen LogP contribution in [0, 0.1) is 0 Å². The van der Waals surface area contributed by atoms with Crippen LogP contribution in [-0.2, 0) is 14.2 Å². The fourth-order valence-corrected chi connectivity index (χ4v) is 2.83. The third kappa shape index (κ3) is 2.81. The van der Waals surface area contributed by atoms with Crippen LogP contribution in [0.2, 0.25) is 0 Å². The molecule has 3 N–H and O–H groups in total. The highest BCUT2D eigenvalue weighted by molar-refractivity contribution is 5.81. The molecule has 2 aromatic rings. The maximum absolute atomic E-state index is 6.10. The Bertz CT molecular complexity index is 731. The number of ether oxygens (including phenoxy) is 3. The Balaban J connectivity index is 1.96. The number of fused-ring (bicyclic) bond motifs is 1. The van der Waals surface area contributed by atoms with Crippen LogP contribution in [0.4, 0.5) is 5.82 Å². The standard InChI is InChI=1S/C15H22N6O3/c1-4-17-6-5-9-11(22-2)12(23-3)15(24-9)21-8-20-10-13(16)18-7-19-14(10)21/h5,7-8,11-12,15,17H,4,6H2,1-3H3,(H2,16,18,19). The fourth-order valence-electron chi connectivity index (χ4n) is 2.83. The minimum atomic E-state index is -0.452. The summed E-state index contributed by atoms with van der Waals surface area (Å²) in [7, 11) is 3.26. The molecule has 3 rings (SSSR count). The van der Waals surface area contributed by atoms with Crippen LogP contribution in [-0.4, -0.2) is 59.0 Å². The van der Waals surface area contributed by atoms with E-state index >= 15 is 0 Å². The average molecular weight is 334 g/mol. The number of imidazole rings is 1. The van der Waals surface area contributed by atoms with Crippen molar-refractivity contribution in [3.8, 4) is 0 Å². The number of nitrogens with one attached hydrogen (secondary N) is 1. The molecule has 3 heterocycles. The van der Waals surface area contributed by atoms with Crippen LogP contribution in [0.25, 0.3) is 11.2 Å². The summed E-state index contributed by atoms with van der Waals surface area (Å²) in [6.07, 6.45) is 3.90. The lowest BCUT2D eigenvalue weighted by atomic mass is 10.1. The Morgan fingerprint density at radius 3 is 2.88 bits per heavy atom. The second-order valence-electron chi connectivity index (χ2n) is 5.36. The molecule has 1 aliphatic rings. The molecule has 0 aromatic carbocycles. The van der Waals surface area contributed by atoms with Crippen molar-refractivity contribution in [1.29, 1.82) is 0 Å². The van der Waals surface area contributed by atoms with Gasteiger partial charge in [-0.15, -0.1) is 0 Å². The number of methoxy groups -OCH3 is 2. The largest absolute Gasteiger partial charge is 0.469 e. The Hall–Kier alpha value is -2.23. The first-order valence-electron chi connectivity index (χ1n) is 7.77. The third-order valence-electron chi connectivity index (χ3n) is 4.00. The van der Waals surface area contributed by atoms with Gasteiger partial charge in [0.05, 0.1) is 0 Å². The first-order valence-corrected chi connectivity index (χ1v) is 7.77. The van der Waals surface area contributed by atoms with Crippen LogP contribution < -0.4 is 11.1 Å². The van der Waals surface area contributed by atoms with E-state index in [4.69, 9.17) is 19.9 Å². The lowest BCUT2D eigenvalue weighted by Crippen LogP contribution is -2.31. The van der Waals surface area contributed by atoms with E-state index in [1.807, 2.05) is 13.0 Å². The second-order valence-corrected chi connectivity index (χ2v) is 5.36. The molecule has 3 unspecified atom stereocenters. The summed E-state index contributed by atoms with van der Waals surface area (Å²) in [4.78, 5) is 12.5. The number of hydrogen-bond donors (Lipinski definition) is 2. The SMILES string of the molecule is CCNCC=C1OC(n2cnc3c(N)ncnc32)C(OC)C1OC. The molecule has 130 valence electrons. The number of anilines is 1. The second kappa shape index (κ2) is 7.12. The monoisotopic (exact) mass is 334 g/mol. The van der Waals surface area contributed by atoms with E-state index in [1.165, 1.54) is 6.33 Å². The van der Waals surface area contributed by atoms with Gasteiger partial charge in [0, 0.05) is 20.8 Å². The summed E-state index contributed by atoms with van der Waals surface area (Å²) in [6, 6.07) is 0. The average Bonchev–Trinajstić information content (AvgIpc) is 3.16. The summed E-state index contributed by atoms with van der Waals surface area (Å²) >= 11 is 0. The van der Waals surface area contributed by atoms with Crippen molar-refractivity contribution >= 4 is 17.0 Å². The molecule has 2 aromatic heterocycles. The molecular formula is C15H22N6O3. The summed E-state index contributed by atoms with van der Waals surface area (Å²) < 4.78 is 19.1. The smallest absolute Gasteiger partial charge is 0.207 e. The van der Waals surface area contributed by atoms with Gasteiger partial charge in [-0.3, -0.25) is 4.57 Å². The molecule has 1 aliphatic heterocycles. The van der Waals surface area contributed by atoms with Crippen molar-refractivity contribution in [2.24, 2.45) is 0 Å². The summed E-state index contributed by atoms with van der Waals surface area (Å²) in [5.41, 5.74) is 6.99. The predicted molar refractivity (Wildman–Crippen MR) is 88.1 cm³/mol. The molecule has 0 radical (unpaired) electrons. The number of nitrogen functional groups attached to an aromatic ring is 1. The summed E-state index contributed by atoms with van der Waals surface area (Å²) in [6.45, 7) is 3.61. The van der Waals surface area contributed by atoms with Gasteiger partial charge in [0.2, 0.25) is 6.23 Å². The minimum Gasteiger partial charge on any atom is -0.469 e. The van der Waals surface area contributed by atoms with Crippen LogP contribution in [0.3, 0.4) is 0 Å². The van der Waals surface area contributed by atoms with E-state index in [2.05, 4.69) is 20.3 Å². The van der Waals surface area contributed by atoms with Crippen molar-refractivity contribution < 1.29 is 14.2 Å². The lowest BCUT2D eigenvalue weighted by Gasteiger charge is -2.20. The van der Waals surface area contributed by atoms with Gasteiger partial charge >= 0.3 is 0 Å². The third-order valence-corrected chi connectivity index (χ3v) is 4.00. The molecular weight excluding hydrogens is 312 g/mol. The summed E-state index contributed by atoms with van der Waals surface area (Å²) in [5, 5.41) is 3.23. The van der Waals surface area contributed by atoms with Crippen molar-refractivity contribution in [2.45, 2.75) is 25.4 Å². The molecule has 0 saturated carbocycles. The van der Waals surface area contributed by atoms with Crippen LogP contribution in [0.1, 0.15) is 13.2 Å². The number of likely N-dealkylation sites (N-methyl/N-ethyl adjacent to an activating group) is 1. The molecule has 1 saturated heterocycles. The molecule has 0 spiro atoms. The maximum Gasteiger partial charge on any atom is 0.207 e. The molecule has 3 atom stereocenters. The number of rotatable bonds is 6. The predicted octanol–water partition coefficient (Wildman–Crippen LogP) is 0.461. The van der Waals surface area contributed by atoms with E-state index in [1.54, 1.807) is 25.1 Å². The topological polar surface area (TPSA) is 109 Å². The van der Waals surface area contributed by atoms with Crippen molar-refractivity contribution in [3.05, 3.63) is 24.5 Å². The van der Waals surface area contributed by atoms with Gasteiger partial charge in [0.25, 0.3) is 0 Å². The van der Waals surface area contributed by atoms with E-state index in [-0.39, 0.29) is 12.2 Å². The molecule has 0 aliphatic carbocycles. The van der Waals surface area contributed by atoms with Crippen molar-refractivity contribution in [3.63, 3.8) is 0 Å². The van der Waals surface area contributed by atoms with Crippen LogP contribution in [0.5, 0.6) is 0 Å². The van der Waals surface area contributed by atoms with Crippen LogP contribution >= 0.6 is 0 Å². The molecule has 0 bridgehead atoms. The number of nitrogens with zero attached hydrogens (tertiary/aromatic N) is 4. The Labute approximate surface area is 139 Å². The minimum absolute atomic E-state index is 0.310. The highest BCUT2D eigenvalue weighted by Crippen LogP contribution is 2.36. The lowest BCUT2D eigenvalue weighted by molar-refractivity contribution is -0.0486. The van der Waals surface area contributed by atoms with Gasteiger partial charge in [-0.1, -0.05) is 6.92 Å². The zero-order valence-electron chi connectivity index (χ0n) is 14.0. The van der Waals surface area contributed by atoms with Crippen molar-refractivity contribution in [1.82, 2.24) is 24.8 Å². The van der Waals surface area contributed by atoms with Gasteiger partial charge in [-0.2, -0.15) is 0 Å². The molecule has 24 heavy (non-hydrogen) atoms. The molecule has 9 heteroatoms. The number of nitrogens with two attached hydrogens (primary N) is 1. The quantitative estimate of drug-likeness (QED) is 0.733. The molecule has 1 fully saturated rings. The highest BCUT2D eigenvalue weighted by Gasteiger charge is 2.44. The van der Waals surface area contributed by atoms with Gasteiger partial charge in [0.1, 0.15) is 36.1 Å². The Kier molecular flexibility index (Phi) is 4.93. The van der Waals surface area contributed by atoms with Gasteiger partial charge in [0.15, 0.2) is 11.5 Å². The normalized spacial score (nSPS) is 25.5. The van der Waals surface area contributed by atoms with E-state index in [0.717, 1.165) is 12.3 Å². The van der Waals surface area contributed by atoms with Crippen molar-refractivity contribution in [2.75, 3.05) is 33.0 Å². The van der Waals surface area contributed by atoms with E-state index < -0.39 is 6.23 Å². The maximum atomic E-state index is 6.10. The van der Waals surface area contributed by atoms with Gasteiger partial charge in [-0.25, -0.2) is 15.0 Å². The zero-order valence-corrected chi connectivity index (χ0v) is 14.0. The molecule has 0 amide bonds.